The molecule has 0 bridgehead atoms. The predicted molar refractivity (Wildman–Crippen MR) is 156 cm³/mol. The number of rotatable bonds is 5. The number of piperazine rings is 1. The van der Waals surface area contributed by atoms with Gasteiger partial charge in [0, 0.05) is 32.4 Å². The number of aromatic hydroxyl groups is 1. The number of aryl methyl sites for hydroxylation is 1. The van der Waals surface area contributed by atoms with Crippen molar-refractivity contribution in [3.63, 3.8) is 0 Å². The average Bonchev–Trinajstić information content (AvgIpc) is 3.52. The minimum Gasteiger partial charge on any atom is -0.505 e. The summed E-state index contributed by atoms with van der Waals surface area (Å²) in [4.78, 5) is 21.6. The molecule has 3 aromatic rings. The number of nitrogens with one attached hydrogen (secondary N) is 2. The zero-order valence-electron chi connectivity index (χ0n) is 22.9. The highest BCUT2D eigenvalue weighted by molar-refractivity contribution is 7.83. The topological polar surface area (TPSA) is 136 Å². The van der Waals surface area contributed by atoms with Crippen LogP contribution in [0.1, 0.15) is 48.7 Å². The van der Waals surface area contributed by atoms with E-state index in [-0.39, 0.29) is 46.0 Å². The molecule has 11 nitrogen and oxygen atoms in total. The van der Waals surface area contributed by atoms with Gasteiger partial charge in [-0.25, -0.2) is 9.19 Å². The van der Waals surface area contributed by atoms with Crippen molar-refractivity contribution in [1.82, 2.24) is 15.2 Å². The summed E-state index contributed by atoms with van der Waals surface area (Å²) in [5, 5.41) is 17.4. The van der Waals surface area contributed by atoms with E-state index in [1.807, 2.05) is 37.3 Å². The van der Waals surface area contributed by atoms with Gasteiger partial charge in [-0.3, -0.25) is 4.79 Å². The van der Waals surface area contributed by atoms with Gasteiger partial charge in [-0.2, -0.15) is 0 Å². The van der Waals surface area contributed by atoms with Gasteiger partial charge in [0.25, 0.3) is 17.1 Å². The summed E-state index contributed by atoms with van der Waals surface area (Å²) in [5.41, 5.74) is 0.143. The van der Waals surface area contributed by atoms with E-state index in [1.165, 1.54) is 0 Å². The van der Waals surface area contributed by atoms with E-state index in [0.717, 1.165) is 11.6 Å². The third-order valence-corrected chi connectivity index (χ3v) is 7.49. The summed E-state index contributed by atoms with van der Waals surface area (Å²) in [6.07, 6.45) is 1.75. The van der Waals surface area contributed by atoms with E-state index in [0.29, 0.717) is 31.9 Å². The number of amidine groups is 2. The molecule has 2 aliphatic rings. The SMILES string of the molecule is Cc1ccc([C@H](NC2=NS(=O)N=C2Nc2cccc(C(=O)N3CCN(c4ccccn4)CC3)c2O)C(C)(C)C)o1. The molecule has 0 aliphatic carbocycles. The average molecular weight is 564 g/mol. The van der Waals surface area contributed by atoms with Crippen LogP contribution in [0.4, 0.5) is 11.5 Å². The lowest BCUT2D eigenvalue weighted by molar-refractivity contribution is 0.0743. The molecule has 2 aromatic heterocycles. The van der Waals surface area contributed by atoms with Crippen LogP contribution in [-0.2, 0) is 11.2 Å². The Morgan fingerprint density at radius 3 is 2.42 bits per heavy atom. The predicted octanol–water partition coefficient (Wildman–Crippen LogP) is 3.83. The highest BCUT2D eigenvalue weighted by Crippen LogP contribution is 2.34. The lowest BCUT2D eigenvalue weighted by Gasteiger charge is -2.35. The number of phenolic OH excluding ortho intramolecular Hbond substituents is 1. The minimum atomic E-state index is -1.84. The zero-order valence-corrected chi connectivity index (χ0v) is 23.7. The van der Waals surface area contributed by atoms with Crippen LogP contribution in [0, 0.1) is 12.3 Å². The molecular weight excluding hydrogens is 530 g/mol. The summed E-state index contributed by atoms with van der Waals surface area (Å²) in [7, 11) is 0. The largest absolute Gasteiger partial charge is 0.505 e. The molecule has 1 saturated heterocycles. The summed E-state index contributed by atoms with van der Waals surface area (Å²) < 4.78 is 26.4. The van der Waals surface area contributed by atoms with E-state index in [1.54, 1.807) is 29.3 Å². The van der Waals surface area contributed by atoms with Crippen LogP contribution < -0.4 is 15.5 Å². The van der Waals surface area contributed by atoms with E-state index < -0.39 is 11.2 Å². The minimum absolute atomic E-state index is 0.168. The normalized spacial score (nSPS) is 18.2. The Hall–Kier alpha value is -4.19. The Bertz CT molecular complexity index is 1470. The monoisotopic (exact) mass is 563 g/mol. The van der Waals surface area contributed by atoms with E-state index in [9.17, 15) is 14.1 Å². The lowest BCUT2D eigenvalue weighted by Crippen LogP contribution is -2.49. The molecule has 0 saturated carbocycles. The lowest BCUT2D eigenvalue weighted by atomic mass is 9.85. The molecule has 4 heterocycles. The number of para-hydroxylation sites is 1. The van der Waals surface area contributed by atoms with Crippen LogP contribution in [0.5, 0.6) is 5.75 Å². The van der Waals surface area contributed by atoms with E-state index >= 15 is 0 Å². The fraction of sp³-hybridized carbons (Fsp3) is 0.357. The number of furan rings is 1. The van der Waals surface area contributed by atoms with Crippen molar-refractivity contribution in [1.29, 1.82) is 0 Å². The summed E-state index contributed by atoms with van der Waals surface area (Å²) >= 11 is -1.84. The Balaban J connectivity index is 1.30. The molecule has 0 spiro atoms. The van der Waals surface area contributed by atoms with E-state index in [2.05, 4.69) is 50.1 Å². The van der Waals surface area contributed by atoms with Gasteiger partial charge in [0.15, 0.2) is 17.4 Å². The Labute approximate surface area is 235 Å². The Morgan fingerprint density at radius 2 is 1.77 bits per heavy atom. The quantitative estimate of drug-likeness (QED) is 0.399. The zero-order chi connectivity index (χ0) is 28.4. The second-order valence-corrected chi connectivity index (χ2v) is 11.6. The fourth-order valence-corrected chi connectivity index (χ4v) is 5.32. The number of phenols is 1. The Kier molecular flexibility index (Phi) is 7.61. The first-order valence-electron chi connectivity index (χ1n) is 13.1. The van der Waals surface area contributed by atoms with E-state index in [4.69, 9.17) is 4.42 Å². The summed E-state index contributed by atoms with van der Waals surface area (Å²) in [6, 6.07) is 14.1. The van der Waals surface area contributed by atoms with Gasteiger partial charge in [-0.15, -0.1) is 8.80 Å². The van der Waals surface area contributed by atoms with Crippen LogP contribution in [0.25, 0.3) is 0 Å². The van der Waals surface area contributed by atoms with Crippen LogP contribution in [0.15, 0.2) is 67.9 Å². The smallest absolute Gasteiger partial charge is 0.269 e. The van der Waals surface area contributed by atoms with Gasteiger partial charge < -0.3 is 30.0 Å². The number of benzene rings is 1. The van der Waals surface area contributed by atoms with Crippen LogP contribution in [-0.4, -0.2) is 63.0 Å². The molecule has 40 heavy (non-hydrogen) atoms. The summed E-state index contributed by atoms with van der Waals surface area (Å²) in [5.74, 6) is 2.34. The molecule has 2 aliphatic heterocycles. The number of carbonyl (C=O) groups is 1. The molecule has 1 amide bonds. The number of carbonyl (C=O) groups excluding carboxylic acids is 1. The van der Waals surface area contributed by atoms with Crippen molar-refractivity contribution in [2.75, 3.05) is 36.4 Å². The van der Waals surface area contributed by atoms with Gasteiger partial charge in [0.2, 0.25) is 0 Å². The third-order valence-electron chi connectivity index (χ3n) is 6.82. The molecule has 210 valence electrons. The molecule has 3 N–H and O–H groups in total. The van der Waals surface area contributed by atoms with Crippen molar-refractivity contribution in [2.24, 2.45) is 14.2 Å². The second-order valence-electron chi connectivity index (χ2n) is 10.8. The maximum Gasteiger partial charge on any atom is 0.269 e. The Morgan fingerprint density at radius 1 is 1.02 bits per heavy atom. The van der Waals surface area contributed by atoms with Crippen LogP contribution in [0.3, 0.4) is 0 Å². The van der Waals surface area contributed by atoms with Gasteiger partial charge in [-0.05, 0) is 48.7 Å². The number of pyridine rings is 1. The molecule has 1 fully saturated rings. The van der Waals surface area contributed by atoms with Crippen LogP contribution in [0.2, 0.25) is 0 Å². The van der Waals surface area contributed by atoms with Crippen molar-refractivity contribution < 1.29 is 18.5 Å². The van der Waals surface area contributed by atoms with Crippen LogP contribution >= 0.6 is 0 Å². The van der Waals surface area contributed by atoms with Crippen molar-refractivity contribution in [3.8, 4) is 5.75 Å². The molecule has 12 heteroatoms. The molecule has 5 rings (SSSR count). The maximum absolute atomic E-state index is 13.4. The molecule has 1 unspecified atom stereocenters. The number of hydrogen-bond donors (Lipinski definition) is 3. The summed E-state index contributed by atoms with van der Waals surface area (Å²) in [6.45, 7) is 10.3. The number of hydrogen-bond acceptors (Lipinski definition) is 8. The fourth-order valence-electron chi connectivity index (χ4n) is 4.69. The second kappa shape index (κ2) is 11.1. The van der Waals surface area contributed by atoms with Gasteiger partial charge in [0.05, 0.1) is 17.3 Å². The molecule has 0 radical (unpaired) electrons. The van der Waals surface area contributed by atoms with Crippen molar-refractivity contribution >= 4 is 40.3 Å². The van der Waals surface area contributed by atoms with Gasteiger partial charge in [-0.1, -0.05) is 32.9 Å². The third kappa shape index (κ3) is 5.86. The number of aromatic nitrogens is 1. The highest BCUT2D eigenvalue weighted by Gasteiger charge is 2.33. The maximum atomic E-state index is 13.4. The molecular formula is C28H33N7O4S. The molecule has 1 aromatic carbocycles. The highest BCUT2D eigenvalue weighted by atomic mass is 32.2. The van der Waals surface area contributed by atoms with Crippen molar-refractivity contribution in [2.45, 2.75) is 33.7 Å². The standard InChI is InChI=1S/C28H33N7O4S/c1-18-11-12-21(39-18)24(28(2,3)4)31-26-25(32-40(38)33-26)30-20-9-7-8-19(23(20)36)27(37)35-16-14-34(15-17-35)22-10-5-6-13-29-22/h5-13,24,36H,14-17H2,1-4H3,(H,30,32)(H,31,33)/t24-,40?/m0/s1. The first-order chi connectivity index (χ1) is 19.1. The van der Waals surface area contributed by atoms with Gasteiger partial charge >= 0.3 is 0 Å². The molecule has 2 atom stereocenters. The number of nitrogens with zero attached hydrogens (tertiary/aromatic N) is 5. The first-order valence-corrected chi connectivity index (χ1v) is 14.1. The number of amides is 1. The van der Waals surface area contributed by atoms with Gasteiger partial charge in [0.1, 0.15) is 17.3 Å². The van der Waals surface area contributed by atoms with Crippen molar-refractivity contribution in [3.05, 3.63) is 71.8 Å². The number of anilines is 2. The first kappa shape index (κ1) is 27.4.